The maximum atomic E-state index is 12.5. The lowest BCUT2D eigenvalue weighted by Gasteiger charge is -2.39. The molecule has 5 nitrogen and oxygen atoms in total. The number of amides is 1. The van der Waals surface area contributed by atoms with Gasteiger partial charge in [-0.3, -0.25) is 4.79 Å². The molecule has 2 atom stereocenters. The van der Waals surface area contributed by atoms with Crippen molar-refractivity contribution in [3.05, 3.63) is 30.1 Å². The molecular weight excluding hydrogens is 266 g/mol. The van der Waals surface area contributed by atoms with Crippen LogP contribution in [-0.4, -0.2) is 33.1 Å². The topological polar surface area (TPSA) is 78.0 Å². The Labute approximate surface area is 123 Å². The number of rotatable bonds is 3. The van der Waals surface area contributed by atoms with Gasteiger partial charge in [0.25, 0.3) is 5.91 Å². The number of carbonyl (C=O) groups is 1. The van der Waals surface area contributed by atoms with Crippen molar-refractivity contribution in [1.82, 2.24) is 15.3 Å². The van der Waals surface area contributed by atoms with E-state index in [1.165, 1.54) is 0 Å². The highest BCUT2D eigenvalue weighted by Gasteiger charge is 2.35. The highest BCUT2D eigenvalue weighted by atomic mass is 16.3. The first kappa shape index (κ1) is 14.1. The molecule has 21 heavy (non-hydrogen) atoms. The molecule has 3 N–H and O–H groups in total. The summed E-state index contributed by atoms with van der Waals surface area (Å²) in [5, 5.41) is 12.8. The van der Waals surface area contributed by atoms with Gasteiger partial charge < -0.3 is 15.4 Å². The maximum absolute atomic E-state index is 12.5. The molecule has 0 bridgehead atoms. The number of fused-ring (bicyclic) bond motifs is 1. The predicted molar refractivity (Wildman–Crippen MR) is 81.0 cm³/mol. The first-order valence-electron chi connectivity index (χ1n) is 7.48. The molecule has 3 rings (SSSR count). The van der Waals surface area contributed by atoms with Crippen molar-refractivity contribution in [2.45, 2.75) is 38.1 Å². The molecule has 1 heterocycles. The van der Waals surface area contributed by atoms with E-state index in [-0.39, 0.29) is 12.5 Å². The molecular formula is C16H21N3O2. The van der Waals surface area contributed by atoms with Crippen molar-refractivity contribution in [2.75, 3.05) is 6.61 Å². The summed E-state index contributed by atoms with van der Waals surface area (Å²) < 4.78 is 0. The number of aromatic amines is 1. The van der Waals surface area contributed by atoms with Gasteiger partial charge in [-0.05, 0) is 37.0 Å². The smallest absolute Gasteiger partial charge is 0.251 e. The lowest BCUT2D eigenvalue weighted by atomic mass is 9.76. The van der Waals surface area contributed by atoms with Gasteiger partial charge in [0.2, 0.25) is 0 Å². The average Bonchev–Trinajstić information content (AvgIpc) is 2.94. The number of aliphatic hydroxyl groups is 1. The van der Waals surface area contributed by atoms with E-state index >= 15 is 0 Å². The van der Waals surface area contributed by atoms with Crippen LogP contribution in [0.5, 0.6) is 0 Å². The first-order chi connectivity index (χ1) is 10.1. The third-order valence-corrected chi connectivity index (χ3v) is 4.46. The molecule has 1 aromatic heterocycles. The van der Waals surface area contributed by atoms with Gasteiger partial charge in [-0.1, -0.05) is 19.8 Å². The molecule has 2 unspecified atom stereocenters. The molecule has 2 aromatic rings. The molecule has 1 saturated carbocycles. The van der Waals surface area contributed by atoms with Crippen LogP contribution >= 0.6 is 0 Å². The molecule has 0 spiro atoms. The molecule has 0 radical (unpaired) electrons. The standard InChI is InChI=1S/C16H21N3O2/c1-11-3-2-6-16(8-11,9-20)19-15(21)12-4-5-13-14(7-12)18-10-17-13/h4-5,7,10-11,20H,2-3,6,8-9H2,1H3,(H,17,18)(H,19,21). The second-order valence-corrected chi connectivity index (χ2v) is 6.23. The van der Waals surface area contributed by atoms with Crippen molar-refractivity contribution >= 4 is 16.9 Å². The van der Waals surface area contributed by atoms with Gasteiger partial charge in [0.1, 0.15) is 0 Å². The lowest BCUT2D eigenvalue weighted by Crippen LogP contribution is -2.53. The van der Waals surface area contributed by atoms with E-state index in [4.69, 9.17) is 0 Å². The summed E-state index contributed by atoms with van der Waals surface area (Å²) in [6.07, 6.45) is 5.50. The summed E-state index contributed by atoms with van der Waals surface area (Å²) in [4.78, 5) is 19.6. The Morgan fingerprint density at radius 3 is 3.19 bits per heavy atom. The van der Waals surface area contributed by atoms with Gasteiger partial charge in [0, 0.05) is 5.56 Å². The van der Waals surface area contributed by atoms with Crippen LogP contribution in [0.4, 0.5) is 0 Å². The van der Waals surface area contributed by atoms with Crippen LogP contribution in [0, 0.1) is 5.92 Å². The third kappa shape index (κ3) is 2.78. The second kappa shape index (κ2) is 5.48. The Bertz CT molecular complexity index is 652. The van der Waals surface area contributed by atoms with Crippen molar-refractivity contribution in [1.29, 1.82) is 0 Å². The molecule has 112 valence electrons. The van der Waals surface area contributed by atoms with Crippen LogP contribution in [-0.2, 0) is 0 Å². The minimum Gasteiger partial charge on any atom is -0.394 e. The van der Waals surface area contributed by atoms with E-state index in [2.05, 4.69) is 22.2 Å². The van der Waals surface area contributed by atoms with E-state index < -0.39 is 5.54 Å². The van der Waals surface area contributed by atoms with Crippen molar-refractivity contribution < 1.29 is 9.90 Å². The van der Waals surface area contributed by atoms with Crippen LogP contribution in [0.3, 0.4) is 0 Å². The lowest BCUT2D eigenvalue weighted by molar-refractivity contribution is 0.0697. The number of H-pyrrole nitrogens is 1. The van der Waals surface area contributed by atoms with E-state index in [1.807, 2.05) is 6.07 Å². The maximum Gasteiger partial charge on any atom is 0.251 e. The molecule has 1 aliphatic rings. The Hall–Kier alpha value is -1.88. The first-order valence-corrected chi connectivity index (χ1v) is 7.48. The van der Waals surface area contributed by atoms with Gasteiger partial charge in [0.15, 0.2) is 0 Å². The normalized spacial score (nSPS) is 25.9. The number of nitrogens with one attached hydrogen (secondary N) is 2. The second-order valence-electron chi connectivity index (χ2n) is 6.23. The Balaban J connectivity index is 1.80. The van der Waals surface area contributed by atoms with E-state index in [0.29, 0.717) is 11.5 Å². The number of hydrogen-bond donors (Lipinski definition) is 3. The highest BCUT2D eigenvalue weighted by Crippen LogP contribution is 2.32. The molecule has 1 fully saturated rings. The number of aromatic nitrogens is 2. The van der Waals surface area contributed by atoms with Crippen molar-refractivity contribution in [3.8, 4) is 0 Å². The van der Waals surface area contributed by atoms with Crippen molar-refractivity contribution in [2.24, 2.45) is 5.92 Å². The molecule has 0 saturated heterocycles. The number of benzene rings is 1. The van der Waals surface area contributed by atoms with Gasteiger partial charge in [-0.2, -0.15) is 0 Å². The zero-order chi connectivity index (χ0) is 14.9. The Morgan fingerprint density at radius 2 is 2.43 bits per heavy atom. The summed E-state index contributed by atoms with van der Waals surface area (Å²) >= 11 is 0. The number of aliphatic hydroxyl groups excluding tert-OH is 1. The van der Waals surface area contributed by atoms with Gasteiger partial charge >= 0.3 is 0 Å². The Kier molecular flexibility index (Phi) is 3.68. The summed E-state index contributed by atoms with van der Waals surface area (Å²) in [6, 6.07) is 5.40. The van der Waals surface area contributed by atoms with E-state index in [9.17, 15) is 9.90 Å². The third-order valence-electron chi connectivity index (χ3n) is 4.46. The van der Waals surface area contributed by atoms with Crippen molar-refractivity contribution in [3.63, 3.8) is 0 Å². The minimum atomic E-state index is -0.475. The minimum absolute atomic E-state index is 0.00458. The molecule has 1 amide bonds. The largest absolute Gasteiger partial charge is 0.394 e. The fraction of sp³-hybridized carbons (Fsp3) is 0.500. The predicted octanol–water partition coefficient (Wildman–Crippen LogP) is 2.23. The van der Waals surface area contributed by atoms with Crippen LogP contribution < -0.4 is 5.32 Å². The fourth-order valence-corrected chi connectivity index (χ4v) is 3.35. The van der Waals surface area contributed by atoms with Crippen LogP contribution in [0.25, 0.3) is 11.0 Å². The molecule has 1 aromatic carbocycles. The summed E-state index contributed by atoms with van der Waals surface area (Å²) in [7, 11) is 0. The average molecular weight is 287 g/mol. The molecule has 1 aliphatic carbocycles. The highest BCUT2D eigenvalue weighted by molar-refractivity contribution is 5.97. The SMILES string of the molecule is CC1CCCC(CO)(NC(=O)c2ccc3nc[nH]c3c2)C1. The summed E-state index contributed by atoms with van der Waals surface area (Å²) in [5.41, 5.74) is 1.81. The van der Waals surface area contributed by atoms with Crippen LogP contribution in [0.2, 0.25) is 0 Å². The monoisotopic (exact) mass is 287 g/mol. The Morgan fingerprint density at radius 1 is 1.57 bits per heavy atom. The fourth-order valence-electron chi connectivity index (χ4n) is 3.35. The number of nitrogens with zero attached hydrogens (tertiary/aromatic N) is 1. The van der Waals surface area contributed by atoms with Gasteiger partial charge in [-0.25, -0.2) is 4.98 Å². The van der Waals surface area contributed by atoms with Crippen LogP contribution in [0.15, 0.2) is 24.5 Å². The molecule has 0 aliphatic heterocycles. The quantitative estimate of drug-likeness (QED) is 0.810. The molecule has 5 heteroatoms. The van der Waals surface area contributed by atoms with E-state index in [1.54, 1.807) is 18.5 Å². The summed E-state index contributed by atoms with van der Waals surface area (Å²) in [6.45, 7) is 2.17. The van der Waals surface area contributed by atoms with Gasteiger partial charge in [-0.15, -0.1) is 0 Å². The summed E-state index contributed by atoms with van der Waals surface area (Å²) in [5.74, 6) is 0.399. The number of hydrogen-bond acceptors (Lipinski definition) is 3. The number of carbonyl (C=O) groups excluding carboxylic acids is 1. The number of imidazole rings is 1. The zero-order valence-corrected chi connectivity index (χ0v) is 12.2. The van der Waals surface area contributed by atoms with Crippen LogP contribution in [0.1, 0.15) is 43.0 Å². The van der Waals surface area contributed by atoms with Gasteiger partial charge in [0.05, 0.1) is 29.5 Å². The van der Waals surface area contributed by atoms with E-state index in [0.717, 1.165) is 36.7 Å². The zero-order valence-electron chi connectivity index (χ0n) is 12.2.